The van der Waals surface area contributed by atoms with Gasteiger partial charge in [-0.15, -0.1) is 0 Å². The first-order valence-electron chi connectivity index (χ1n) is 10.4. The van der Waals surface area contributed by atoms with Crippen LogP contribution in [0.25, 0.3) is 0 Å². The predicted octanol–water partition coefficient (Wildman–Crippen LogP) is 5.06. The maximum Gasteiger partial charge on any atom is 0.270 e. The first-order chi connectivity index (χ1) is 15.8. The number of Topliss-reactive ketones (excluding diaryl/α,β-unsaturated/α-hetero) is 2. The molecule has 33 heavy (non-hydrogen) atoms. The Morgan fingerprint density at radius 2 is 1.91 bits per heavy atom. The van der Waals surface area contributed by atoms with Crippen molar-refractivity contribution in [3.63, 3.8) is 0 Å². The van der Waals surface area contributed by atoms with Gasteiger partial charge in [0.2, 0.25) is 0 Å². The number of hydrogen-bond acceptors (Lipinski definition) is 7. The average Bonchev–Trinajstić information content (AvgIpc) is 2.81. The van der Waals surface area contributed by atoms with E-state index in [2.05, 4.69) is 18.3 Å². The standard InChI is InChI=1S/C25H23N3O4S/c1-4-17-8-10-18(11-9-17)24-21(13-26)25(27-15(2)23(24)16(3)29)33-14-22(30)19-6-5-7-20(12-19)28(31)32/h5-12,24,27H,4,14H2,1-3H3/t24-/m0/s1. The van der Waals surface area contributed by atoms with E-state index in [0.717, 1.165) is 29.3 Å². The lowest BCUT2D eigenvalue weighted by Crippen LogP contribution is -2.27. The summed E-state index contributed by atoms with van der Waals surface area (Å²) in [5.74, 6) is -0.971. The lowest BCUT2D eigenvalue weighted by molar-refractivity contribution is -0.384. The Morgan fingerprint density at radius 1 is 1.21 bits per heavy atom. The zero-order valence-electron chi connectivity index (χ0n) is 18.5. The Hall–Kier alpha value is -3.70. The van der Waals surface area contributed by atoms with Crippen LogP contribution < -0.4 is 5.32 Å². The Kier molecular flexibility index (Phi) is 7.46. The van der Waals surface area contributed by atoms with E-state index in [-0.39, 0.29) is 28.6 Å². The number of dihydropyridines is 1. The van der Waals surface area contributed by atoms with E-state index < -0.39 is 10.8 Å². The van der Waals surface area contributed by atoms with Gasteiger partial charge in [0, 0.05) is 29.0 Å². The van der Waals surface area contributed by atoms with Crippen LogP contribution in [-0.2, 0) is 11.2 Å². The van der Waals surface area contributed by atoms with Crippen LogP contribution in [0.1, 0.15) is 48.2 Å². The summed E-state index contributed by atoms with van der Waals surface area (Å²) in [4.78, 5) is 35.6. The normalized spacial score (nSPS) is 15.6. The number of benzene rings is 2. The van der Waals surface area contributed by atoms with E-state index >= 15 is 0 Å². The molecule has 1 aliphatic rings. The molecule has 0 bridgehead atoms. The van der Waals surface area contributed by atoms with Gasteiger partial charge < -0.3 is 5.32 Å². The van der Waals surface area contributed by atoms with Gasteiger partial charge in [-0.2, -0.15) is 5.26 Å². The van der Waals surface area contributed by atoms with E-state index in [1.807, 2.05) is 24.3 Å². The second kappa shape index (κ2) is 10.3. The van der Waals surface area contributed by atoms with Crippen LogP contribution >= 0.6 is 11.8 Å². The molecule has 168 valence electrons. The molecule has 0 fully saturated rings. The van der Waals surface area contributed by atoms with Crippen molar-refractivity contribution in [2.24, 2.45) is 0 Å². The van der Waals surface area contributed by atoms with Gasteiger partial charge >= 0.3 is 0 Å². The summed E-state index contributed by atoms with van der Waals surface area (Å²) < 4.78 is 0. The summed E-state index contributed by atoms with van der Waals surface area (Å²) in [6, 6.07) is 15.6. The highest BCUT2D eigenvalue weighted by Gasteiger charge is 2.33. The first-order valence-corrected chi connectivity index (χ1v) is 11.4. The second-order valence-electron chi connectivity index (χ2n) is 7.62. The van der Waals surface area contributed by atoms with Crippen molar-refractivity contribution in [2.45, 2.75) is 33.1 Å². The quantitative estimate of drug-likeness (QED) is 0.332. The molecule has 2 aromatic rings. The van der Waals surface area contributed by atoms with E-state index in [1.54, 1.807) is 6.92 Å². The third-order valence-electron chi connectivity index (χ3n) is 5.47. The fourth-order valence-corrected chi connectivity index (χ4v) is 4.77. The number of carbonyl (C=O) groups excluding carboxylic acids is 2. The number of non-ortho nitro benzene ring substituents is 1. The van der Waals surface area contributed by atoms with Gasteiger partial charge in [-0.1, -0.05) is 55.1 Å². The van der Waals surface area contributed by atoms with Crippen molar-refractivity contribution in [2.75, 3.05) is 5.75 Å². The molecule has 1 aliphatic heterocycles. The molecule has 0 amide bonds. The van der Waals surface area contributed by atoms with Crippen LogP contribution in [0.2, 0.25) is 0 Å². The van der Waals surface area contributed by atoms with Gasteiger partial charge in [0.15, 0.2) is 11.6 Å². The molecule has 2 aromatic carbocycles. The highest BCUT2D eigenvalue weighted by molar-refractivity contribution is 8.03. The first kappa shape index (κ1) is 24.0. The molecular weight excluding hydrogens is 438 g/mol. The van der Waals surface area contributed by atoms with Crippen LogP contribution in [0.5, 0.6) is 0 Å². The molecule has 0 radical (unpaired) electrons. The molecular formula is C25H23N3O4S. The molecule has 0 aromatic heterocycles. The molecule has 0 saturated carbocycles. The minimum Gasteiger partial charge on any atom is -0.353 e. The number of hydrogen-bond donors (Lipinski definition) is 1. The van der Waals surface area contributed by atoms with Crippen molar-refractivity contribution >= 4 is 29.0 Å². The maximum absolute atomic E-state index is 12.7. The lowest BCUT2D eigenvalue weighted by atomic mass is 9.81. The third kappa shape index (κ3) is 5.21. The number of nitro groups is 1. The Morgan fingerprint density at radius 3 is 2.48 bits per heavy atom. The number of nitriles is 1. The molecule has 3 rings (SSSR count). The number of allylic oxidation sites excluding steroid dienone is 3. The smallest absolute Gasteiger partial charge is 0.270 e. The fourth-order valence-electron chi connectivity index (χ4n) is 3.79. The highest BCUT2D eigenvalue weighted by atomic mass is 32.2. The van der Waals surface area contributed by atoms with Gasteiger partial charge in [0.05, 0.1) is 33.3 Å². The Bertz CT molecular complexity index is 1220. The number of ketones is 2. The van der Waals surface area contributed by atoms with Crippen molar-refractivity contribution < 1.29 is 14.5 Å². The summed E-state index contributed by atoms with van der Waals surface area (Å²) in [6.45, 7) is 5.31. The van der Waals surface area contributed by atoms with Crippen LogP contribution in [0.3, 0.4) is 0 Å². The third-order valence-corrected chi connectivity index (χ3v) is 6.49. The molecule has 0 aliphatic carbocycles. The fraction of sp³-hybridized carbons (Fsp3) is 0.240. The Labute approximate surface area is 196 Å². The van der Waals surface area contributed by atoms with Crippen molar-refractivity contribution in [3.05, 3.63) is 97.2 Å². The Balaban J connectivity index is 1.94. The number of aryl methyl sites for hydroxylation is 1. The molecule has 0 saturated heterocycles. The largest absolute Gasteiger partial charge is 0.353 e. The summed E-state index contributed by atoms with van der Waals surface area (Å²) in [7, 11) is 0. The lowest BCUT2D eigenvalue weighted by Gasteiger charge is -2.29. The van der Waals surface area contributed by atoms with Gasteiger partial charge in [-0.3, -0.25) is 19.7 Å². The van der Waals surface area contributed by atoms with Crippen LogP contribution in [0.15, 0.2) is 70.4 Å². The van der Waals surface area contributed by atoms with E-state index in [1.165, 1.54) is 31.2 Å². The van der Waals surface area contributed by atoms with Crippen molar-refractivity contribution in [1.29, 1.82) is 5.26 Å². The number of nitrogens with one attached hydrogen (secondary N) is 1. The van der Waals surface area contributed by atoms with E-state index in [0.29, 0.717) is 21.9 Å². The molecule has 0 spiro atoms. The minimum absolute atomic E-state index is 0.0150. The highest BCUT2D eigenvalue weighted by Crippen LogP contribution is 2.41. The van der Waals surface area contributed by atoms with Crippen molar-refractivity contribution in [3.8, 4) is 6.07 Å². The average molecular weight is 462 g/mol. The second-order valence-corrected chi connectivity index (χ2v) is 8.61. The number of rotatable bonds is 8. The molecule has 8 heteroatoms. The number of nitrogens with zero attached hydrogens (tertiary/aromatic N) is 2. The molecule has 7 nitrogen and oxygen atoms in total. The number of carbonyl (C=O) groups is 2. The number of thioether (sulfide) groups is 1. The zero-order valence-corrected chi connectivity index (χ0v) is 19.4. The van der Waals surface area contributed by atoms with Crippen LogP contribution in [-0.4, -0.2) is 22.2 Å². The van der Waals surface area contributed by atoms with Gasteiger partial charge in [0.25, 0.3) is 5.69 Å². The topological polar surface area (TPSA) is 113 Å². The summed E-state index contributed by atoms with van der Waals surface area (Å²) in [5.41, 5.74) is 3.58. The van der Waals surface area contributed by atoms with E-state index in [4.69, 9.17) is 0 Å². The molecule has 0 unspecified atom stereocenters. The molecule has 1 heterocycles. The monoisotopic (exact) mass is 461 g/mol. The predicted molar refractivity (Wildman–Crippen MR) is 128 cm³/mol. The van der Waals surface area contributed by atoms with Gasteiger partial charge in [-0.25, -0.2) is 0 Å². The summed E-state index contributed by atoms with van der Waals surface area (Å²) >= 11 is 1.15. The van der Waals surface area contributed by atoms with E-state index in [9.17, 15) is 25.0 Å². The SMILES string of the molecule is CCc1ccc([C@H]2C(C#N)=C(SCC(=O)c3cccc([N+](=O)[O-])c3)NC(C)=C2C(C)=O)cc1. The van der Waals surface area contributed by atoms with Crippen molar-refractivity contribution in [1.82, 2.24) is 5.32 Å². The van der Waals surface area contributed by atoms with Gasteiger partial charge in [0.1, 0.15) is 0 Å². The summed E-state index contributed by atoms with van der Waals surface area (Å²) in [5, 5.41) is 24.6. The maximum atomic E-state index is 12.7. The van der Waals surface area contributed by atoms with Gasteiger partial charge in [-0.05, 0) is 31.4 Å². The molecule has 1 atom stereocenters. The zero-order chi connectivity index (χ0) is 24.1. The minimum atomic E-state index is -0.547. The number of nitro benzene ring substituents is 1. The molecule has 1 N–H and O–H groups in total. The van der Waals surface area contributed by atoms with Crippen LogP contribution in [0.4, 0.5) is 5.69 Å². The van der Waals surface area contributed by atoms with Crippen LogP contribution in [0, 0.1) is 21.4 Å². The summed E-state index contributed by atoms with van der Waals surface area (Å²) in [6.07, 6.45) is 0.878.